The molecule has 21 heteroatoms. The Labute approximate surface area is 487 Å². The Morgan fingerprint density at radius 2 is 0.570 bits per heavy atom. The third kappa shape index (κ3) is 28.7. The summed E-state index contributed by atoms with van der Waals surface area (Å²) in [6, 6.07) is 6.46. The van der Waals surface area contributed by atoms with Gasteiger partial charge in [-0.25, -0.2) is 28.8 Å². The number of nitrogens with zero attached hydrogens (tertiary/aromatic N) is 8. The molecule has 0 aliphatic carbocycles. The number of rotatable bonds is 4. The molecular formula is C58H101IN8O12. The summed E-state index contributed by atoms with van der Waals surface area (Å²) in [7, 11) is 0. The maximum absolute atomic E-state index is 13.8. The molecule has 0 spiro atoms. The minimum Gasteiger partial charge on any atom is -0.444 e. The number of hydrogen-bond donors (Lipinski definition) is 0. The number of carbonyl (C=O) groups is 6. The summed E-state index contributed by atoms with van der Waals surface area (Å²) in [4.78, 5) is 96.5. The molecule has 0 unspecified atom stereocenters. The van der Waals surface area contributed by atoms with E-state index in [1.807, 2.05) is 125 Å². The molecule has 20 nitrogen and oxygen atoms in total. The third-order valence-corrected chi connectivity index (χ3v) is 13.0. The minimum absolute atomic E-state index is 0.217. The lowest BCUT2D eigenvalue weighted by Gasteiger charge is -2.34. The maximum atomic E-state index is 13.8. The van der Waals surface area contributed by atoms with Crippen molar-refractivity contribution >= 4 is 59.2 Å². The topological polar surface area (TPSA) is 184 Å². The fourth-order valence-electron chi connectivity index (χ4n) is 8.46. The number of carbonyl (C=O) groups excluding carboxylic acids is 6. The Hall–Kier alpha value is -4.51. The van der Waals surface area contributed by atoms with Crippen molar-refractivity contribution in [3.63, 3.8) is 0 Å². The van der Waals surface area contributed by atoms with E-state index in [1.54, 1.807) is 29.4 Å². The van der Waals surface area contributed by atoms with Gasteiger partial charge < -0.3 is 57.8 Å². The Kier molecular flexibility index (Phi) is 26.1. The van der Waals surface area contributed by atoms with Crippen molar-refractivity contribution in [2.45, 2.75) is 197 Å². The van der Waals surface area contributed by atoms with E-state index in [0.29, 0.717) is 117 Å². The predicted octanol–water partition coefficient (Wildman–Crippen LogP) is 10.9. The SMILES string of the molecule is CC(C)(C)OC(=O)N1CCCN(C(=O)OC(C)(C)C)CCN(C(=O)OC(C)(C)C)CCCN(Cc2ccc(CN3CCCN(C(=O)OC(C)(C)C)CCN(C(=O)OC(C)(C)C)CCCN(C(=O)OC(C)(C)C)CC3)c(I)c2)CC1. The molecule has 0 atom stereocenters. The Bertz CT molecular complexity index is 2140. The number of benzene rings is 1. The summed E-state index contributed by atoms with van der Waals surface area (Å²) in [5, 5.41) is 0. The Balaban J connectivity index is 1.96. The van der Waals surface area contributed by atoms with Crippen molar-refractivity contribution in [1.29, 1.82) is 0 Å². The van der Waals surface area contributed by atoms with Crippen molar-refractivity contribution in [1.82, 2.24) is 39.2 Å². The normalized spacial score (nSPS) is 18.0. The van der Waals surface area contributed by atoms with Gasteiger partial charge in [-0.1, -0.05) is 12.1 Å². The fraction of sp³-hybridized carbons (Fsp3) is 0.793. The van der Waals surface area contributed by atoms with Crippen LogP contribution in [-0.2, 0) is 41.5 Å². The average Bonchev–Trinajstić information content (AvgIpc) is 3.25. The molecule has 452 valence electrons. The first-order chi connectivity index (χ1) is 36.2. The zero-order valence-electron chi connectivity index (χ0n) is 51.6. The molecule has 2 saturated heterocycles. The highest BCUT2D eigenvalue weighted by molar-refractivity contribution is 14.1. The average molecular weight is 1230 g/mol. The van der Waals surface area contributed by atoms with E-state index in [2.05, 4.69) is 50.6 Å². The van der Waals surface area contributed by atoms with Crippen LogP contribution in [0.15, 0.2) is 18.2 Å². The first kappa shape index (κ1) is 68.8. The molecule has 1 aromatic rings. The van der Waals surface area contributed by atoms with Gasteiger partial charge in [-0.3, -0.25) is 9.80 Å². The Morgan fingerprint density at radius 1 is 0.342 bits per heavy atom. The minimum atomic E-state index is -0.727. The van der Waals surface area contributed by atoms with Crippen LogP contribution in [0.4, 0.5) is 28.8 Å². The van der Waals surface area contributed by atoms with Crippen LogP contribution in [-0.4, -0.2) is 214 Å². The molecule has 2 aliphatic rings. The second kappa shape index (κ2) is 30.0. The largest absolute Gasteiger partial charge is 0.444 e. The van der Waals surface area contributed by atoms with Crippen LogP contribution in [0.25, 0.3) is 0 Å². The van der Waals surface area contributed by atoms with Gasteiger partial charge in [0.25, 0.3) is 0 Å². The molecule has 0 saturated carbocycles. The van der Waals surface area contributed by atoms with Gasteiger partial charge in [0, 0.05) is 121 Å². The van der Waals surface area contributed by atoms with E-state index >= 15 is 0 Å². The lowest BCUT2D eigenvalue weighted by atomic mass is 10.1. The third-order valence-electron chi connectivity index (χ3n) is 12.0. The van der Waals surface area contributed by atoms with Crippen LogP contribution < -0.4 is 0 Å². The number of ether oxygens (including phenoxy) is 6. The van der Waals surface area contributed by atoms with E-state index in [9.17, 15) is 28.8 Å². The Morgan fingerprint density at radius 3 is 0.810 bits per heavy atom. The first-order valence-corrected chi connectivity index (χ1v) is 29.4. The highest BCUT2D eigenvalue weighted by Crippen LogP contribution is 2.22. The zero-order valence-corrected chi connectivity index (χ0v) is 53.8. The summed E-state index contributed by atoms with van der Waals surface area (Å²) in [6.45, 7) is 40.0. The lowest BCUT2D eigenvalue weighted by molar-refractivity contribution is 0.00992. The molecule has 0 aromatic heterocycles. The van der Waals surface area contributed by atoms with Crippen molar-refractivity contribution in [3.05, 3.63) is 32.9 Å². The van der Waals surface area contributed by atoms with Gasteiger partial charge >= 0.3 is 36.6 Å². The molecular weight excluding hydrogens is 1130 g/mol. The van der Waals surface area contributed by atoms with Crippen LogP contribution in [0.2, 0.25) is 0 Å². The molecule has 1 aromatic carbocycles. The van der Waals surface area contributed by atoms with E-state index in [4.69, 9.17) is 28.4 Å². The number of amides is 6. The number of halogens is 1. The van der Waals surface area contributed by atoms with Crippen LogP contribution >= 0.6 is 22.6 Å². The standard InChI is InChI=1S/C58H101IN8O12/c1-53(2,3)74-47(68)62-29-21-31-66(51(72)78-57(13,14)15)39-37-64(49(70)76-55(7,8)9)27-19-25-60(33-35-62)42-44-23-24-45(46(59)41-44)43-61-26-20-28-65(50(71)77-56(10,11)12)38-40-67(52(73)79-58(16,17)18)32-22-30-63(36-34-61)48(69)75-54(4,5)6/h23-24,41H,19-22,25-40,42-43H2,1-18H3. The molecule has 79 heavy (non-hydrogen) atoms. The van der Waals surface area contributed by atoms with Crippen LogP contribution in [0.3, 0.4) is 0 Å². The summed E-state index contributed by atoms with van der Waals surface area (Å²) >= 11 is 2.39. The van der Waals surface area contributed by atoms with Gasteiger partial charge in [-0.05, 0) is 190 Å². The summed E-state index contributed by atoms with van der Waals surface area (Å²) in [5.41, 5.74) is -2.15. The first-order valence-electron chi connectivity index (χ1n) is 28.3. The van der Waals surface area contributed by atoms with E-state index in [1.165, 1.54) is 0 Å². The summed E-state index contributed by atoms with van der Waals surface area (Å²) in [6.07, 6.45) is -0.648. The molecule has 6 amide bonds. The van der Waals surface area contributed by atoms with Gasteiger partial charge in [-0.2, -0.15) is 0 Å². The van der Waals surface area contributed by atoms with Gasteiger partial charge in [0.2, 0.25) is 0 Å². The molecule has 2 fully saturated rings. The van der Waals surface area contributed by atoms with Crippen molar-refractivity contribution in [2.75, 3.05) is 105 Å². The molecule has 0 bridgehead atoms. The van der Waals surface area contributed by atoms with Gasteiger partial charge in [0.1, 0.15) is 33.6 Å². The van der Waals surface area contributed by atoms with Crippen molar-refractivity contribution in [3.8, 4) is 0 Å². The van der Waals surface area contributed by atoms with Crippen LogP contribution in [0.1, 0.15) is 161 Å². The molecule has 0 N–H and O–H groups in total. The lowest BCUT2D eigenvalue weighted by Crippen LogP contribution is -2.47. The summed E-state index contributed by atoms with van der Waals surface area (Å²) in [5.74, 6) is 0. The quantitative estimate of drug-likeness (QED) is 0.205. The van der Waals surface area contributed by atoms with Crippen LogP contribution in [0, 0.1) is 3.57 Å². The number of hydrogen-bond acceptors (Lipinski definition) is 14. The van der Waals surface area contributed by atoms with Gasteiger partial charge in [0.05, 0.1) is 0 Å². The maximum Gasteiger partial charge on any atom is 0.410 e. The van der Waals surface area contributed by atoms with Crippen LogP contribution in [0.5, 0.6) is 0 Å². The molecule has 2 aliphatic heterocycles. The predicted molar refractivity (Wildman–Crippen MR) is 315 cm³/mol. The smallest absolute Gasteiger partial charge is 0.410 e. The summed E-state index contributed by atoms with van der Waals surface area (Å²) < 4.78 is 36.1. The highest BCUT2D eigenvalue weighted by Gasteiger charge is 2.31. The van der Waals surface area contributed by atoms with Gasteiger partial charge in [0.15, 0.2) is 0 Å². The molecule has 2 heterocycles. The second-order valence-electron chi connectivity index (χ2n) is 26.7. The molecule has 3 rings (SSSR count). The monoisotopic (exact) mass is 1230 g/mol. The highest BCUT2D eigenvalue weighted by atomic mass is 127. The second-order valence-corrected chi connectivity index (χ2v) is 27.9. The van der Waals surface area contributed by atoms with Crippen molar-refractivity contribution < 1.29 is 57.2 Å². The fourth-order valence-corrected chi connectivity index (χ4v) is 9.21. The van der Waals surface area contributed by atoms with E-state index in [-0.39, 0.29) is 26.2 Å². The molecule has 0 radical (unpaired) electrons. The van der Waals surface area contributed by atoms with E-state index < -0.39 is 70.2 Å². The van der Waals surface area contributed by atoms with Gasteiger partial charge in [-0.15, -0.1) is 0 Å². The van der Waals surface area contributed by atoms with E-state index in [0.717, 1.165) is 14.7 Å². The zero-order chi connectivity index (χ0) is 59.7. The van der Waals surface area contributed by atoms with Crippen molar-refractivity contribution in [2.24, 2.45) is 0 Å².